The molecule has 1 aromatic rings. The van der Waals surface area contributed by atoms with Gasteiger partial charge in [-0.15, -0.1) is 0 Å². The molecule has 1 amide bonds. The van der Waals surface area contributed by atoms with Crippen molar-refractivity contribution in [3.05, 3.63) is 24.3 Å². The Balaban J connectivity index is 2.03. The minimum atomic E-state index is -2.49. The number of anilines is 1. The molecule has 1 aliphatic rings. The molecule has 1 aliphatic heterocycles. The lowest BCUT2D eigenvalue weighted by molar-refractivity contribution is -0.118. The molecule has 1 fully saturated rings. The van der Waals surface area contributed by atoms with Crippen LogP contribution >= 0.6 is 11.8 Å². The third kappa shape index (κ3) is 4.18. The Morgan fingerprint density at radius 3 is 2.84 bits per heavy atom. The molecule has 0 saturated carbocycles. The molecule has 1 heterocycles. The van der Waals surface area contributed by atoms with Crippen LogP contribution in [-0.2, 0) is 4.79 Å². The summed E-state index contributed by atoms with van der Waals surface area (Å²) in [4.78, 5) is 12.4. The Morgan fingerprint density at radius 1 is 1.37 bits per heavy atom. The smallest absolute Gasteiger partial charge is 0.288 e. The molecule has 0 spiro atoms. The van der Waals surface area contributed by atoms with Crippen molar-refractivity contribution in [3.63, 3.8) is 0 Å². The number of piperidine rings is 1. The van der Waals surface area contributed by atoms with Gasteiger partial charge in [-0.05, 0) is 31.5 Å². The Hall–Kier alpha value is -1.14. The van der Waals surface area contributed by atoms with Crippen molar-refractivity contribution >= 4 is 23.4 Å². The first-order valence-electron chi connectivity index (χ1n) is 6.25. The molecule has 1 atom stereocenters. The van der Waals surface area contributed by atoms with Crippen molar-refractivity contribution < 1.29 is 13.6 Å². The topological polar surface area (TPSA) is 41.1 Å². The van der Waals surface area contributed by atoms with E-state index in [2.05, 4.69) is 10.6 Å². The lowest BCUT2D eigenvalue weighted by atomic mass is 10.0. The molecule has 1 saturated heterocycles. The number of rotatable bonds is 4. The summed E-state index contributed by atoms with van der Waals surface area (Å²) in [6, 6.07) is 6.41. The second-order valence-corrected chi connectivity index (χ2v) is 5.40. The summed E-state index contributed by atoms with van der Waals surface area (Å²) in [5.74, 6) is -2.65. The molecule has 2 rings (SSSR count). The van der Waals surface area contributed by atoms with Gasteiger partial charge in [0, 0.05) is 4.90 Å². The molecule has 19 heavy (non-hydrogen) atoms. The highest BCUT2D eigenvalue weighted by Gasteiger charge is 2.21. The number of amides is 1. The molecule has 2 N–H and O–H groups in total. The van der Waals surface area contributed by atoms with Crippen molar-refractivity contribution in [2.45, 2.75) is 36.0 Å². The SMILES string of the molecule is O=C(Nc1ccccc1SC(F)F)[C@H]1CCCCN1. The summed E-state index contributed by atoms with van der Waals surface area (Å²) in [5, 5.41) is 5.86. The van der Waals surface area contributed by atoms with Crippen LogP contribution in [0.3, 0.4) is 0 Å². The molecule has 0 aliphatic carbocycles. The Morgan fingerprint density at radius 2 is 2.16 bits per heavy atom. The van der Waals surface area contributed by atoms with Crippen LogP contribution in [0, 0.1) is 0 Å². The lowest BCUT2D eigenvalue weighted by Gasteiger charge is -2.23. The van der Waals surface area contributed by atoms with Gasteiger partial charge in [-0.1, -0.05) is 30.3 Å². The maximum Gasteiger partial charge on any atom is 0.288 e. The summed E-state index contributed by atoms with van der Waals surface area (Å²) in [7, 11) is 0. The van der Waals surface area contributed by atoms with Gasteiger partial charge in [0.15, 0.2) is 0 Å². The number of benzene rings is 1. The number of para-hydroxylation sites is 1. The van der Waals surface area contributed by atoms with E-state index < -0.39 is 5.76 Å². The quantitative estimate of drug-likeness (QED) is 0.836. The van der Waals surface area contributed by atoms with E-state index in [1.165, 1.54) is 0 Å². The van der Waals surface area contributed by atoms with E-state index >= 15 is 0 Å². The van der Waals surface area contributed by atoms with Crippen molar-refractivity contribution in [2.75, 3.05) is 11.9 Å². The molecule has 3 nitrogen and oxygen atoms in total. The third-order valence-corrected chi connectivity index (χ3v) is 3.78. The summed E-state index contributed by atoms with van der Waals surface area (Å²) in [5.41, 5.74) is 0.449. The van der Waals surface area contributed by atoms with Crippen molar-refractivity contribution in [3.8, 4) is 0 Å². The average Bonchev–Trinajstić information content (AvgIpc) is 2.41. The first-order chi connectivity index (χ1) is 9.16. The van der Waals surface area contributed by atoms with E-state index in [1.807, 2.05) is 0 Å². The fraction of sp³-hybridized carbons (Fsp3) is 0.462. The van der Waals surface area contributed by atoms with Crippen LogP contribution in [0.15, 0.2) is 29.2 Å². The van der Waals surface area contributed by atoms with Crippen LogP contribution in [0.25, 0.3) is 0 Å². The fourth-order valence-corrected chi connectivity index (χ4v) is 2.66. The monoisotopic (exact) mass is 286 g/mol. The number of nitrogens with one attached hydrogen (secondary N) is 2. The van der Waals surface area contributed by atoms with Gasteiger partial charge >= 0.3 is 0 Å². The molecule has 0 unspecified atom stereocenters. The summed E-state index contributed by atoms with van der Waals surface area (Å²) >= 11 is 0.445. The maximum absolute atomic E-state index is 12.4. The highest BCUT2D eigenvalue weighted by atomic mass is 32.2. The molecule has 6 heteroatoms. The average molecular weight is 286 g/mol. The zero-order valence-corrected chi connectivity index (χ0v) is 11.2. The van der Waals surface area contributed by atoms with Gasteiger partial charge in [-0.2, -0.15) is 8.78 Å². The van der Waals surface area contributed by atoms with Gasteiger partial charge in [0.1, 0.15) is 0 Å². The third-order valence-electron chi connectivity index (χ3n) is 2.99. The van der Waals surface area contributed by atoms with Crippen LogP contribution in [-0.4, -0.2) is 24.3 Å². The van der Waals surface area contributed by atoms with Gasteiger partial charge in [0.25, 0.3) is 5.76 Å². The summed E-state index contributed by atoms with van der Waals surface area (Å²) < 4.78 is 24.9. The largest absolute Gasteiger partial charge is 0.324 e. The molecule has 0 radical (unpaired) electrons. The van der Waals surface area contributed by atoms with Crippen molar-refractivity contribution in [1.29, 1.82) is 0 Å². The molecule has 0 bridgehead atoms. The maximum atomic E-state index is 12.4. The molecule has 1 aromatic carbocycles. The Labute approximate surface area is 115 Å². The molecular formula is C13H16F2N2OS. The van der Waals surface area contributed by atoms with Gasteiger partial charge in [0.2, 0.25) is 5.91 Å². The summed E-state index contributed by atoms with van der Waals surface area (Å²) in [6.07, 6.45) is 2.87. The van der Waals surface area contributed by atoms with E-state index in [9.17, 15) is 13.6 Å². The van der Waals surface area contributed by atoms with Crippen LogP contribution in [0.2, 0.25) is 0 Å². The van der Waals surface area contributed by atoms with E-state index in [0.29, 0.717) is 22.3 Å². The van der Waals surface area contributed by atoms with Gasteiger partial charge in [-0.3, -0.25) is 4.79 Å². The van der Waals surface area contributed by atoms with E-state index in [1.54, 1.807) is 24.3 Å². The van der Waals surface area contributed by atoms with Gasteiger partial charge in [-0.25, -0.2) is 0 Å². The van der Waals surface area contributed by atoms with Gasteiger partial charge < -0.3 is 10.6 Å². The number of thioether (sulfide) groups is 1. The number of halogens is 2. The number of carbonyl (C=O) groups excluding carboxylic acids is 1. The number of hydrogen-bond acceptors (Lipinski definition) is 3. The fourth-order valence-electron chi connectivity index (χ4n) is 2.06. The highest BCUT2D eigenvalue weighted by Crippen LogP contribution is 2.31. The number of hydrogen-bond donors (Lipinski definition) is 2. The molecule has 0 aromatic heterocycles. The van der Waals surface area contributed by atoms with Crippen molar-refractivity contribution in [1.82, 2.24) is 5.32 Å². The van der Waals surface area contributed by atoms with Crippen LogP contribution in [0.5, 0.6) is 0 Å². The molecular weight excluding hydrogens is 270 g/mol. The van der Waals surface area contributed by atoms with Gasteiger partial charge in [0.05, 0.1) is 11.7 Å². The zero-order valence-electron chi connectivity index (χ0n) is 10.4. The predicted octanol–water partition coefficient (Wildman–Crippen LogP) is 3.08. The molecule has 104 valence electrons. The highest BCUT2D eigenvalue weighted by molar-refractivity contribution is 7.99. The first kappa shape index (κ1) is 14.3. The van der Waals surface area contributed by atoms with Crippen LogP contribution < -0.4 is 10.6 Å². The Kier molecular flexibility index (Phi) is 5.15. The summed E-state index contributed by atoms with van der Waals surface area (Å²) in [6.45, 7) is 0.825. The van der Waals surface area contributed by atoms with E-state index in [-0.39, 0.29) is 11.9 Å². The zero-order chi connectivity index (χ0) is 13.7. The second kappa shape index (κ2) is 6.86. The van der Waals surface area contributed by atoms with Crippen LogP contribution in [0.1, 0.15) is 19.3 Å². The van der Waals surface area contributed by atoms with E-state index in [0.717, 1.165) is 25.8 Å². The number of alkyl halides is 2. The van der Waals surface area contributed by atoms with Crippen LogP contribution in [0.4, 0.5) is 14.5 Å². The second-order valence-electron chi connectivity index (χ2n) is 4.37. The standard InChI is InChI=1S/C13H16F2N2OS/c14-13(15)19-11-7-2-1-5-9(11)17-12(18)10-6-3-4-8-16-10/h1-2,5,7,10,13,16H,3-4,6,8H2,(H,17,18)/t10-/m1/s1. The minimum Gasteiger partial charge on any atom is -0.324 e. The number of carbonyl (C=O) groups is 1. The Bertz CT molecular complexity index is 436. The normalized spacial score (nSPS) is 19.4. The first-order valence-corrected chi connectivity index (χ1v) is 7.13. The minimum absolute atomic E-state index is 0.151. The van der Waals surface area contributed by atoms with Crippen molar-refractivity contribution in [2.24, 2.45) is 0 Å². The van der Waals surface area contributed by atoms with E-state index in [4.69, 9.17) is 0 Å². The predicted molar refractivity (Wildman–Crippen MR) is 72.6 cm³/mol. The lowest BCUT2D eigenvalue weighted by Crippen LogP contribution is -2.43.